The van der Waals surface area contributed by atoms with Crippen molar-refractivity contribution in [3.05, 3.63) is 24.6 Å². The molecule has 96 valence electrons. The van der Waals surface area contributed by atoms with Crippen molar-refractivity contribution in [1.82, 2.24) is 9.88 Å². The molecule has 0 aliphatic carbocycles. The minimum absolute atomic E-state index is 0.0415. The predicted octanol–water partition coefficient (Wildman–Crippen LogP) is 2.11. The molecular weight excluding hydrogens is 230 g/mol. The van der Waals surface area contributed by atoms with E-state index in [0.717, 1.165) is 11.0 Å². The number of hydrogen-bond acceptors (Lipinski definition) is 4. The molecule has 0 fully saturated rings. The highest BCUT2D eigenvalue weighted by molar-refractivity contribution is 5.91. The van der Waals surface area contributed by atoms with Crippen molar-refractivity contribution in [2.24, 2.45) is 0 Å². The number of fused-ring (bicyclic) bond motifs is 1. The molecule has 2 aromatic heterocycles. The summed E-state index contributed by atoms with van der Waals surface area (Å²) in [4.78, 5) is 17.9. The zero-order valence-corrected chi connectivity index (χ0v) is 10.8. The van der Waals surface area contributed by atoms with Crippen LogP contribution in [0.2, 0.25) is 0 Å². The maximum absolute atomic E-state index is 12.0. The zero-order valence-electron chi connectivity index (χ0n) is 10.8. The Morgan fingerprint density at radius 2 is 2.33 bits per heavy atom. The average molecular weight is 247 g/mol. The van der Waals surface area contributed by atoms with Crippen molar-refractivity contribution in [2.45, 2.75) is 19.9 Å². The van der Waals surface area contributed by atoms with E-state index in [-0.39, 0.29) is 11.9 Å². The molecule has 1 atom stereocenters. The van der Waals surface area contributed by atoms with Gasteiger partial charge in [0.25, 0.3) is 0 Å². The van der Waals surface area contributed by atoms with E-state index in [2.05, 4.69) is 10.3 Å². The summed E-state index contributed by atoms with van der Waals surface area (Å²) in [6, 6.07) is 3.32. The minimum atomic E-state index is -0.317. The van der Waals surface area contributed by atoms with Crippen molar-refractivity contribution >= 4 is 22.7 Å². The van der Waals surface area contributed by atoms with Gasteiger partial charge in [0.15, 0.2) is 0 Å². The van der Waals surface area contributed by atoms with Gasteiger partial charge in [-0.05, 0) is 26.0 Å². The fourth-order valence-corrected chi connectivity index (χ4v) is 1.76. The van der Waals surface area contributed by atoms with Gasteiger partial charge in [-0.25, -0.2) is 4.98 Å². The van der Waals surface area contributed by atoms with Crippen LogP contribution >= 0.6 is 0 Å². The van der Waals surface area contributed by atoms with Crippen LogP contribution in [0.1, 0.15) is 13.8 Å². The first kappa shape index (κ1) is 12.4. The van der Waals surface area contributed by atoms with E-state index in [1.165, 1.54) is 0 Å². The molecule has 1 unspecified atom stereocenters. The molecule has 0 aliphatic rings. The Kier molecular flexibility index (Phi) is 3.50. The molecule has 1 amide bonds. The van der Waals surface area contributed by atoms with Crippen molar-refractivity contribution in [3.8, 4) is 0 Å². The molecule has 0 saturated carbocycles. The van der Waals surface area contributed by atoms with Crippen LogP contribution in [0.15, 0.2) is 29.0 Å². The van der Waals surface area contributed by atoms with E-state index >= 15 is 0 Å². The second kappa shape index (κ2) is 5.08. The Labute approximate surface area is 106 Å². The highest BCUT2D eigenvalue weighted by Gasteiger charge is 2.17. The quantitative estimate of drug-likeness (QED) is 0.899. The highest BCUT2D eigenvalue weighted by Crippen LogP contribution is 2.22. The summed E-state index contributed by atoms with van der Waals surface area (Å²) >= 11 is 0. The molecule has 2 heterocycles. The third kappa shape index (κ3) is 2.30. The maximum atomic E-state index is 12.0. The van der Waals surface area contributed by atoms with Crippen molar-refractivity contribution in [1.29, 1.82) is 0 Å². The zero-order chi connectivity index (χ0) is 13.1. The molecular formula is C13H17N3O2. The van der Waals surface area contributed by atoms with Gasteiger partial charge in [0.05, 0.1) is 11.6 Å². The molecule has 0 aromatic carbocycles. The summed E-state index contributed by atoms with van der Waals surface area (Å²) in [5.41, 5.74) is 0.760. The van der Waals surface area contributed by atoms with Gasteiger partial charge in [0, 0.05) is 19.8 Å². The van der Waals surface area contributed by atoms with Crippen LogP contribution in [0.5, 0.6) is 0 Å². The number of furan rings is 1. The Balaban J connectivity index is 2.18. The first-order valence-electron chi connectivity index (χ1n) is 5.97. The molecule has 5 heteroatoms. The SMILES string of the molecule is CCN(C)C(=O)C(C)Nc1nccc2occc12. The lowest BCUT2D eigenvalue weighted by Crippen LogP contribution is -2.39. The topological polar surface area (TPSA) is 58.4 Å². The van der Waals surface area contributed by atoms with Gasteiger partial charge in [-0.3, -0.25) is 4.79 Å². The van der Waals surface area contributed by atoms with E-state index in [1.807, 2.05) is 19.9 Å². The number of hydrogen-bond donors (Lipinski definition) is 1. The van der Waals surface area contributed by atoms with Crippen molar-refractivity contribution in [2.75, 3.05) is 18.9 Å². The fraction of sp³-hybridized carbons (Fsp3) is 0.385. The summed E-state index contributed by atoms with van der Waals surface area (Å²) in [6.45, 7) is 4.46. The van der Waals surface area contributed by atoms with Crippen LogP contribution in [0.25, 0.3) is 11.0 Å². The Morgan fingerprint density at radius 1 is 1.56 bits per heavy atom. The third-order valence-electron chi connectivity index (χ3n) is 2.95. The summed E-state index contributed by atoms with van der Waals surface area (Å²) in [6.07, 6.45) is 3.27. The van der Waals surface area contributed by atoms with E-state index in [1.54, 1.807) is 30.5 Å². The number of nitrogens with one attached hydrogen (secondary N) is 1. The molecule has 0 aliphatic heterocycles. The van der Waals surface area contributed by atoms with Gasteiger partial charge in [0.2, 0.25) is 5.91 Å². The smallest absolute Gasteiger partial charge is 0.244 e. The van der Waals surface area contributed by atoms with E-state index < -0.39 is 0 Å². The number of carbonyl (C=O) groups excluding carboxylic acids is 1. The Hall–Kier alpha value is -2.04. The van der Waals surface area contributed by atoms with Gasteiger partial charge in [0.1, 0.15) is 17.4 Å². The van der Waals surface area contributed by atoms with Crippen LogP contribution in [0.4, 0.5) is 5.82 Å². The Bertz CT molecular complexity index is 550. The summed E-state index contributed by atoms with van der Waals surface area (Å²) in [7, 11) is 1.78. The number of carbonyl (C=O) groups is 1. The number of aromatic nitrogens is 1. The van der Waals surface area contributed by atoms with Gasteiger partial charge < -0.3 is 14.6 Å². The monoisotopic (exact) mass is 247 g/mol. The number of likely N-dealkylation sites (N-methyl/N-ethyl adjacent to an activating group) is 1. The standard InChI is InChI=1S/C13H17N3O2/c1-4-16(3)13(17)9(2)15-12-10-6-8-18-11(10)5-7-14-12/h5-9H,4H2,1-3H3,(H,14,15). The first-order chi connectivity index (χ1) is 8.63. The molecule has 2 rings (SSSR count). The van der Waals surface area contributed by atoms with Gasteiger partial charge >= 0.3 is 0 Å². The second-order valence-corrected chi connectivity index (χ2v) is 4.21. The maximum Gasteiger partial charge on any atom is 0.244 e. The molecule has 2 aromatic rings. The van der Waals surface area contributed by atoms with Crippen LogP contribution in [0, 0.1) is 0 Å². The summed E-state index contributed by atoms with van der Waals surface area (Å²) < 4.78 is 5.29. The highest BCUT2D eigenvalue weighted by atomic mass is 16.3. The van der Waals surface area contributed by atoms with Crippen LogP contribution in [0.3, 0.4) is 0 Å². The normalized spacial score (nSPS) is 12.4. The van der Waals surface area contributed by atoms with Crippen LogP contribution in [-0.4, -0.2) is 35.4 Å². The van der Waals surface area contributed by atoms with Crippen molar-refractivity contribution in [3.63, 3.8) is 0 Å². The molecule has 0 spiro atoms. The van der Waals surface area contributed by atoms with Crippen molar-refractivity contribution < 1.29 is 9.21 Å². The van der Waals surface area contributed by atoms with Crippen LogP contribution < -0.4 is 5.32 Å². The predicted molar refractivity (Wildman–Crippen MR) is 70.4 cm³/mol. The molecule has 0 radical (unpaired) electrons. The lowest BCUT2D eigenvalue weighted by Gasteiger charge is -2.21. The summed E-state index contributed by atoms with van der Waals surface area (Å²) in [5.74, 6) is 0.714. The number of amides is 1. The fourth-order valence-electron chi connectivity index (χ4n) is 1.76. The average Bonchev–Trinajstić information content (AvgIpc) is 2.86. The van der Waals surface area contributed by atoms with E-state index in [9.17, 15) is 4.79 Å². The second-order valence-electron chi connectivity index (χ2n) is 4.21. The lowest BCUT2D eigenvalue weighted by molar-refractivity contribution is -0.130. The Morgan fingerprint density at radius 3 is 3.06 bits per heavy atom. The van der Waals surface area contributed by atoms with E-state index in [4.69, 9.17) is 4.42 Å². The molecule has 5 nitrogen and oxygen atoms in total. The molecule has 0 bridgehead atoms. The third-order valence-corrected chi connectivity index (χ3v) is 2.95. The summed E-state index contributed by atoms with van der Waals surface area (Å²) in [5, 5.41) is 4.01. The number of anilines is 1. The molecule has 18 heavy (non-hydrogen) atoms. The lowest BCUT2D eigenvalue weighted by atomic mass is 10.2. The van der Waals surface area contributed by atoms with Crippen LogP contribution in [-0.2, 0) is 4.79 Å². The molecule has 0 saturated heterocycles. The van der Waals surface area contributed by atoms with Gasteiger partial charge in [-0.1, -0.05) is 0 Å². The largest absolute Gasteiger partial charge is 0.464 e. The van der Waals surface area contributed by atoms with E-state index in [0.29, 0.717) is 12.4 Å². The number of pyridine rings is 1. The van der Waals surface area contributed by atoms with Gasteiger partial charge in [-0.2, -0.15) is 0 Å². The first-order valence-corrected chi connectivity index (χ1v) is 5.97. The molecule has 1 N–H and O–H groups in total. The number of rotatable bonds is 4. The van der Waals surface area contributed by atoms with Gasteiger partial charge in [-0.15, -0.1) is 0 Å². The number of nitrogens with zero attached hydrogens (tertiary/aromatic N) is 2. The minimum Gasteiger partial charge on any atom is -0.464 e.